The smallest absolute Gasteiger partial charge is 0.0974 e. The van der Waals surface area contributed by atoms with E-state index in [1.54, 1.807) is 0 Å². The van der Waals surface area contributed by atoms with Crippen LogP contribution in [0.2, 0.25) is 0 Å². The van der Waals surface area contributed by atoms with Crippen LogP contribution in [0.25, 0.3) is 0 Å². The fraction of sp³-hybridized carbons (Fsp3) is 0.625. The molecule has 0 saturated carbocycles. The molecule has 1 radical (unpaired) electrons. The lowest BCUT2D eigenvalue weighted by atomic mass is 9.90. The third kappa shape index (κ3) is 2.14. The summed E-state index contributed by atoms with van der Waals surface area (Å²) >= 11 is 3.38. The Hall–Kier alpha value is -0.150. The first-order valence-electron chi connectivity index (χ1n) is 3.59. The van der Waals surface area contributed by atoms with E-state index in [1.807, 2.05) is 13.1 Å². The van der Waals surface area contributed by atoms with Crippen LogP contribution in [-0.4, -0.2) is 16.4 Å². The number of quaternary nitrogens is 1. The van der Waals surface area contributed by atoms with Gasteiger partial charge in [0.15, 0.2) is 0 Å². The Bertz CT molecular complexity index is 221. The zero-order valence-corrected chi connectivity index (χ0v) is 8.94. The minimum atomic E-state index is 0.122. The van der Waals surface area contributed by atoms with E-state index in [1.165, 1.54) is 0 Å². The molecule has 11 heavy (non-hydrogen) atoms. The molecule has 1 rings (SSSR count). The first-order chi connectivity index (χ1) is 4.81. The summed E-state index contributed by atoms with van der Waals surface area (Å²) in [4.78, 5) is 0. The summed E-state index contributed by atoms with van der Waals surface area (Å²) in [5.41, 5.74) is 1.20. The molecular weight excluding hydrogens is 204 g/mol. The van der Waals surface area contributed by atoms with Gasteiger partial charge in [0, 0.05) is 11.5 Å². The van der Waals surface area contributed by atoms with E-state index in [9.17, 15) is 0 Å². The molecule has 0 aromatic rings. The molecule has 61 valence electrons. The highest BCUT2D eigenvalue weighted by atomic mass is 79.9. The standard InChI is InChI=1S/C8H13BrN2/c1-8(2,3)7-5-6-11(4,9)10-7/h5H,1-4H3/q+1. The summed E-state index contributed by atoms with van der Waals surface area (Å²) in [6, 6.07) is 0. The Kier molecular flexibility index (Phi) is 1.97. The molecule has 0 aromatic heterocycles. The van der Waals surface area contributed by atoms with Crippen molar-refractivity contribution < 1.29 is 3.62 Å². The molecule has 1 unspecified atom stereocenters. The van der Waals surface area contributed by atoms with Gasteiger partial charge in [-0.3, -0.25) is 0 Å². The highest BCUT2D eigenvalue weighted by Crippen LogP contribution is 2.26. The monoisotopic (exact) mass is 216 g/mol. The number of hydrogen-bond acceptors (Lipinski definition) is 1. The van der Waals surface area contributed by atoms with Crippen molar-refractivity contribution in [3.8, 4) is 0 Å². The van der Waals surface area contributed by atoms with Gasteiger partial charge in [0.1, 0.15) is 12.8 Å². The fourth-order valence-corrected chi connectivity index (χ4v) is 1.08. The minimum Gasteiger partial charge on any atom is -0.0974 e. The van der Waals surface area contributed by atoms with Gasteiger partial charge >= 0.3 is 0 Å². The van der Waals surface area contributed by atoms with Crippen LogP contribution >= 0.6 is 16.1 Å². The maximum Gasteiger partial charge on any atom is 0.265 e. The summed E-state index contributed by atoms with van der Waals surface area (Å²) in [5, 5.41) is 4.40. The first-order valence-corrected chi connectivity index (χ1v) is 4.30. The summed E-state index contributed by atoms with van der Waals surface area (Å²) in [6.07, 6.45) is 5.02. The average molecular weight is 217 g/mol. The van der Waals surface area contributed by atoms with Crippen LogP contribution < -0.4 is 0 Å². The van der Waals surface area contributed by atoms with Gasteiger partial charge in [0.05, 0.1) is 0 Å². The van der Waals surface area contributed by atoms with Gasteiger partial charge in [-0.2, -0.15) is 0 Å². The fourth-order valence-electron chi connectivity index (χ4n) is 0.806. The molecule has 0 fully saturated rings. The van der Waals surface area contributed by atoms with Crippen molar-refractivity contribution in [3.63, 3.8) is 0 Å². The molecule has 0 amide bonds. The minimum absolute atomic E-state index is 0.122. The molecule has 1 aliphatic rings. The van der Waals surface area contributed by atoms with Gasteiger partial charge in [-0.05, 0) is 0 Å². The number of allylic oxidation sites excluding steroid dienone is 1. The van der Waals surface area contributed by atoms with Gasteiger partial charge in [-0.1, -0.05) is 29.5 Å². The predicted octanol–water partition coefficient (Wildman–Crippen LogP) is 2.48. The van der Waals surface area contributed by atoms with E-state index in [-0.39, 0.29) is 5.41 Å². The molecule has 0 bridgehead atoms. The summed E-state index contributed by atoms with van der Waals surface area (Å²) in [7, 11) is 1.93. The van der Waals surface area contributed by atoms with Gasteiger partial charge in [-0.25, -0.2) is 0 Å². The number of hydrogen-bond donors (Lipinski definition) is 0. The Morgan fingerprint density at radius 2 is 2.09 bits per heavy atom. The lowest BCUT2D eigenvalue weighted by molar-refractivity contribution is -0.716. The van der Waals surface area contributed by atoms with Crippen molar-refractivity contribution in [2.24, 2.45) is 10.5 Å². The average Bonchev–Trinajstić information content (AvgIpc) is 2.07. The Morgan fingerprint density at radius 1 is 1.55 bits per heavy atom. The third-order valence-corrected chi connectivity index (χ3v) is 1.86. The molecule has 1 heterocycles. The summed E-state index contributed by atoms with van der Waals surface area (Å²) in [6.45, 7) is 6.42. The molecule has 0 N–H and O–H groups in total. The quantitative estimate of drug-likeness (QED) is 0.553. The van der Waals surface area contributed by atoms with Crippen LogP contribution in [0.1, 0.15) is 20.8 Å². The second-order valence-corrected chi connectivity index (χ2v) is 5.24. The molecule has 2 nitrogen and oxygen atoms in total. The van der Waals surface area contributed by atoms with Crippen molar-refractivity contribution in [1.29, 1.82) is 0 Å². The molecule has 0 spiro atoms. The van der Waals surface area contributed by atoms with Crippen LogP contribution in [0.4, 0.5) is 0 Å². The van der Waals surface area contributed by atoms with Crippen LogP contribution in [0.3, 0.4) is 0 Å². The molecule has 0 aliphatic carbocycles. The topological polar surface area (TPSA) is 12.4 Å². The van der Waals surface area contributed by atoms with Gasteiger partial charge < -0.3 is 0 Å². The zero-order chi connectivity index (χ0) is 8.70. The maximum absolute atomic E-state index is 4.40. The molecule has 1 atom stereocenters. The summed E-state index contributed by atoms with van der Waals surface area (Å²) in [5.74, 6) is 0. The van der Waals surface area contributed by atoms with E-state index in [0.717, 1.165) is 5.71 Å². The van der Waals surface area contributed by atoms with Crippen LogP contribution in [0.5, 0.6) is 0 Å². The molecule has 0 aromatic carbocycles. The number of nitrogens with zero attached hydrogens (tertiary/aromatic N) is 2. The summed E-state index contributed by atoms with van der Waals surface area (Å²) < 4.78 is 0.319. The number of rotatable bonds is 0. The van der Waals surface area contributed by atoms with Gasteiger partial charge in [0.2, 0.25) is 6.20 Å². The van der Waals surface area contributed by atoms with Crippen LogP contribution in [-0.2, 0) is 0 Å². The predicted molar refractivity (Wildman–Crippen MR) is 49.8 cm³/mol. The van der Waals surface area contributed by atoms with Gasteiger partial charge in [-0.15, -0.1) is 0 Å². The van der Waals surface area contributed by atoms with E-state index in [4.69, 9.17) is 0 Å². The lowest BCUT2D eigenvalue weighted by Crippen LogP contribution is -2.20. The zero-order valence-electron chi connectivity index (χ0n) is 7.35. The van der Waals surface area contributed by atoms with E-state index in [0.29, 0.717) is 3.62 Å². The Morgan fingerprint density at radius 3 is 2.27 bits per heavy atom. The van der Waals surface area contributed by atoms with Gasteiger partial charge in [0.25, 0.3) is 16.1 Å². The van der Waals surface area contributed by atoms with Crippen molar-refractivity contribution in [2.45, 2.75) is 20.8 Å². The van der Waals surface area contributed by atoms with Crippen LogP contribution in [0, 0.1) is 11.6 Å². The largest absolute Gasteiger partial charge is 0.265 e. The number of halogens is 1. The Balaban J connectivity index is 2.89. The second-order valence-electron chi connectivity index (χ2n) is 3.86. The molecule has 1 aliphatic heterocycles. The van der Waals surface area contributed by atoms with Crippen molar-refractivity contribution in [1.82, 2.24) is 0 Å². The normalized spacial score (nSPS) is 30.8. The Labute approximate surface area is 76.5 Å². The van der Waals surface area contributed by atoms with E-state index >= 15 is 0 Å². The highest BCUT2D eigenvalue weighted by Gasteiger charge is 2.30. The van der Waals surface area contributed by atoms with E-state index in [2.05, 4.69) is 48.2 Å². The van der Waals surface area contributed by atoms with Crippen LogP contribution in [0.15, 0.2) is 11.2 Å². The lowest BCUT2D eigenvalue weighted by Gasteiger charge is -2.15. The highest BCUT2D eigenvalue weighted by molar-refractivity contribution is 9.05. The maximum atomic E-state index is 4.40. The van der Waals surface area contributed by atoms with Crippen molar-refractivity contribution in [2.75, 3.05) is 7.05 Å². The molecule has 0 saturated heterocycles. The third-order valence-electron chi connectivity index (χ3n) is 1.50. The van der Waals surface area contributed by atoms with Crippen molar-refractivity contribution in [3.05, 3.63) is 12.3 Å². The second kappa shape index (κ2) is 2.42. The SMILES string of the molecule is CC(C)(C)C1=N[N+](C)(Br)[C]=C1. The first kappa shape index (κ1) is 8.94. The molecule has 3 heteroatoms. The molecular formula is C8H13BrN2+. The van der Waals surface area contributed by atoms with Crippen molar-refractivity contribution >= 4 is 21.9 Å². The van der Waals surface area contributed by atoms with E-state index < -0.39 is 0 Å².